The van der Waals surface area contributed by atoms with Gasteiger partial charge in [0.1, 0.15) is 92.6 Å². The van der Waals surface area contributed by atoms with Crippen LogP contribution in [0.15, 0.2) is 361 Å². The van der Waals surface area contributed by atoms with Gasteiger partial charge in [0.05, 0.1) is 22.3 Å². The van der Waals surface area contributed by atoms with Gasteiger partial charge in [0.2, 0.25) is 11.8 Å². The number of nitrogens with zero attached hydrogens (tertiary/aromatic N) is 2. The minimum Gasteiger partial charge on any atom is -0.459 e. The van der Waals surface area contributed by atoms with Gasteiger partial charge in [-0.2, -0.15) is 0 Å². The number of benzene rings is 17. The van der Waals surface area contributed by atoms with E-state index in [0.29, 0.717) is 72.0 Å². The highest BCUT2D eigenvalue weighted by Crippen LogP contribution is 2.59. The summed E-state index contributed by atoms with van der Waals surface area (Å²) >= 11 is 0. The second-order valence-electron chi connectivity index (χ2n) is 37.2. The first-order chi connectivity index (χ1) is 69.3. The van der Waals surface area contributed by atoms with E-state index in [9.17, 15) is 9.59 Å². The Balaban J connectivity index is 0.804. The lowest BCUT2D eigenvalue weighted by Crippen LogP contribution is -2.56. The van der Waals surface area contributed by atoms with Gasteiger partial charge in [-0.15, -0.1) is 0 Å². The van der Waals surface area contributed by atoms with Crippen LogP contribution in [-0.2, 0) is 41.5 Å². The van der Waals surface area contributed by atoms with Crippen molar-refractivity contribution in [3.63, 3.8) is 0 Å². The maximum absolute atomic E-state index is 17.6. The molecule has 0 spiro atoms. The van der Waals surface area contributed by atoms with Crippen LogP contribution in [0.3, 0.4) is 0 Å². The Hall–Kier alpha value is -17.5. The molecule has 2 saturated carbocycles. The fraction of sp³-hybridized carbons (Fsp3) is 0.148. The van der Waals surface area contributed by atoms with Crippen molar-refractivity contribution in [2.24, 2.45) is 0 Å². The minimum absolute atomic E-state index is 0.000281. The van der Waals surface area contributed by atoms with Crippen molar-refractivity contribution in [2.75, 3.05) is 0 Å². The fourth-order valence-electron chi connectivity index (χ4n) is 21.1. The van der Waals surface area contributed by atoms with Gasteiger partial charge in [0, 0.05) is 114 Å². The van der Waals surface area contributed by atoms with Gasteiger partial charge in [-0.25, -0.2) is 9.59 Å². The molecule has 4 heterocycles. The molecule has 142 heavy (non-hydrogen) atoms. The highest BCUT2D eigenvalue weighted by Gasteiger charge is 2.48. The van der Waals surface area contributed by atoms with Crippen LogP contribution < -0.4 is 29.6 Å². The van der Waals surface area contributed by atoms with Crippen molar-refractivity contribution in [1.82, 2.24) is 20.4 Å². The third-order valence-electron chi connectivity index (χ3n) is 27.9. The van der Waals surface area contributed by atoms with Crippen molar-refractivity contribution in [2.45, 2.75) is 114 Å². The lowest BCUT2D eigenvalue weighted by Gasteiger charge is -2.37. The number of hydrogen-bond donors (Lipinski definition) is 2. The van der Waals surface area contributed by atoms with Crippen molar-refractivity contribution < 1.29 is 75.6 Å². The molecule has 2 aliphatic carbocycles. The molecular formula is C122H92N4O16. The summed E-state index contributed by atoms with van der Waals surface area (Å²) in [4.78, 5) is 132. The molecule has 0 saturated heterocycles. The molecule has 2 aliphatic heterocycles. The lowest BCUT2D eigenvalue weighted by atomic mass is 9.80. The Morgan fingerprint density at radius 2 is 0.599 bits per heavy atom. The Labute approximate surface area is 815 Å². The smallest absolute Gasteiger partial charge is 0.333 e. The Bertz CT molecular complexity index is 7580. The van der Waals surface area contributed by atoms with E-state index in [1.807, 2.05) is 303 Å². The molecule has 23 rings (SSSR count). The van der Waals surface area contributed by atoms with Crippen molar-refractivity contribution in [1.29, 1.82) is 0 Å². The van der Waals surface area contributed by atoms with Crippen LogP contribution in [0.2, 0.25) is 0 Å². The zero-order chi connectivity index (χ0) is 96.7. The van der Waals surface area contributed by atoms with Gasteiger partial charge in [0.15, 0.2) is 0 Å². The molecule has 20 nitrogen and oxygen atoms in total. The standard InChI is InChI=1S/C122H92N4O16/c1-69(2)121(133)139-87-37-23-35-81(63-87)123-115(127)97(61-79-33-21-41-91-89-39-17-19-43-99(89)141-113(79)91)125-117(129)93-65-101(135-83-53-45-75(46-54-83)71-25-9-5-10-26-71)107-109-103(137-85-57-49-77(50-58-85)73-29-13-7-14-30-73)67-95-106-96(120(132)126(119(95)131)98(116(128)124-82-36-24-38-88(64-82)140-122(134)70(3)4)62-80-34-22-42-92-90-40-18-20-44-100(90)142-114(80)92)68-104(138-86-59-51-78(52-60-86)74-31-15-8-16-32-74)110(112(106)109)108-102(66-94(118(125)130)105(93)111(107)108)136-84-55-47-76(48-56-84)72-27-11-6-12-28-72/h5-22,25-34,39-60,65-68,81-82,87-88,97-98H,1,3,23-24,35-38,61-64H2,2,4H3,(H,123,127)(H,124,128). The predicted octanol–water partition coefficient (Wildman–Crippen LogP) is 26.9. The molecule has 2 fully saturated rings. The molecule has 2 N–H and O–H groups in total. The largest absolute Gasteiger partial charge is 0.459 e. The van der Waals surface area contributed by atoms with E-state index < -0.39 is 83.8 Å². The number of imide groups is 2. The monoisotopic (exact) mass is 1870 g/mol. The number of furan rings is 2. The summed E-state index contributed by atoms with van der Waals surface area (Å²) in [6, 6.07) is 97.4. The van der Waals surface area contributed by atoms with Crippen LogP contribution >= 0.6 is 0 Å². The van der Waals surface area contributed by atoms with E-state index in [2.05, 4.69) is 23.8 Å². The summed E-state index contributed by atoms with van der Waals surface area (Å²) in [6.07, 6.45) is 1.82. The first-order valence-corrected chi connectivity index (χ1v) is 47.9. The summed E-state index contributed by atoms with van der Waals surface area (Å²) < 4.78 is 55.9. The average Bonchev–Trinajstić information content (AvgIpc) is 0.879. The zero-order valence-electron chi connectivity index (χ0n) is 77.6. The normalized spacial score (nSPS) is 16.2. The summed E-state index contributed by atoms with van der Waals surface area (Å²) in [6.45, 7) is 10.8. The van der Waals surface area contributed by atoms with E-state index in [1.54, 1.807) is 38.1 Å². The van der Waals surface area contributed by atoms with E-state index in [0.717, 1.165) is 75.9 Å². The number of carbonyl (C=O) groups is 8. The fourth-order valence-corrected chi connectivity index (χ4v) is 21.1. The maximum atomic E-state index is 17.6. The predicted molar refractivity (Wildman–Crippen MR) is 549 cm³/mol. The number of esters is 2. The first-order valence-electron chi connectivity index (χ1n) is 47.9. The Morgan fingerprint density at radius 1 is 0.324 bits per heavy atom. The topological polar surface area (TPSA) is 249 Å². The van der Waals surface area contributed by atoms with Crippen molar-refractivity contribution in [3.05, 3.63) is 385 Å². The summed E-state index contributed by atoms with van der Waals surface area (Å²) in [7, 11) is 0. The molecule has 17 aromatic carbocycles. The molecule has 696 valence electrons. The Kier molecular flexibility index (Phi) is 22.9. The van der Waals surface area contributed by atoms with Crippen LogP contribution in [-0.4, -0.2) is 93.6 Å². The summed E-state index contributed by atoms with van der Waals surface area (Å²) in [5, 5.41) is 11.1. The number of ether oxygens (including phenoxy) is 6. The number of carbonyl (C=O) groups excluding carboxylic acids is 8. The minimum atomic E-state index is -1.65. The second kappa shape index (κ2) is 36.8. The van der Waals surface area contributed by atoms with Crippen LogP contribution in [0.4, 0.5) is 0 Å². The number of nitrogens with one attached hydrogen (secondary N) is 2. The van der Waals surface area contributed by atoms with Crippen LogP contribution in [0.1, 0.15) is 118 Å². The molecule has 6 amide bonds. The number of amides is 6. The molecule has 4 aliphatic rings. The van der Waals surface area contributed by atoms with Crippen LogP contribution in [0.25, 0.3) is 131 Å². The molecular weight excluding hydrogens is 1780 g/mol. The van der Waals surface area contributed by atoms with Crippen LogP contribution in [0.5, 0.6) is 46.0 Å². The average molecular weight is 1870 g/mol. The van der Waals surface area contributed by atoms with Gasteiger partial charge >= 0.3 is 11.9 Å². The molecule has 6 atom stereocenters. The highest BCUT2D eigenvalue weighted by atomic mass is 16.5. The van der Waals surface area contributed by atoms with Gasteiger partial charge < -0.3 is 47.9 Å². The number of para-hydroxylation sites is 4. The number of rotatable bonds is 26. The van der Waals surface area contributed by atoms with Gasteiger partial charge in [-0.3, -0.25) is 38.6 Å². The first kappa shape index (κ1) is 88.5. The van der Waals surface area contributed by atoms with E-state index in [4.69, 9.17) is 37.3 Å². The molecule has 6 unspecified atom stereocenters. The third-order valence-corrected chi connectivity index (χ3v) is 27.9. The van der Waals surface area contributed by atoms with Gasteiger partial charge in [-0.05, 0) is 193 Å². The third kappa shape index (κ3) is 16.4. The molecule has 0 bridgehead atoms. The number of hydrogen-bond acceptors (Lipinski definition) is 16. The Morgan fingerprint density at radius 3 is 0.894 bits per heavy atom. The van der Waals surface area contributed by atoms with E-state index in [1.165, 1.54) is 0 Å². The van der Waals surface area contributed by atoms with Crippen LogP contribution in [0, 0.1) is 0 Å². The highest BCUT2D eigenvalue weighted by molar-refractivity contribution is 6.45. The van der Waals surface area contributed by atoms with E-state index in [-0.39, 0.29) is 148 Å². The second-order valence-corrected chi connectivity index (χ2v) is 37.2. The quantitative estimate of drug-likeness (QED) is 0.0168. The summed E-state index contributed by atoms with van der Waals surface area (Å²) in [5.41, 5.74) is 10.2. The maximum Gasteiger partial charge on any atom is 0.333 e. The van der Waals surface area contributed by atoms with Crippen molar-refractivity contribution >= 4 is 134 Å². The molecule has 2 aromatic heterocycles. The van der Waals surface area contributed by atoms with Gasteiger partial charge in [-0.1, -0.05) is 256 Å². The number of fused-ring (bicyclic) bond motifs is 8. The van der Waals surface area contributed by atoms with Gasteiger partial charge in [0.25, 0.3) is 23.6 Å². The van der Waals surface area contributed by atoms with E-state index >= 15 is 28.8 Å². The SMILES string of the molecule is C=C(C)C(=O)OC1CCCC(NC(=O)C(Cc2cccc3c2oc2ccccc23)N2C(=O)c3cc(Oc4ccc(-c5ccccc5)cc4)c4c5c(Oc6ccc(-c7ccccc7)cc6)cc6c7c(cc(Oc8ccc(-c9ccccc9)cc8)c(c8c(Oc9ccc(-c%10ccccc%10)cc9)cc(c3c48)C2=O)c75)C(=O)N(C(Cc2cccc3c2oc2ccccc23)C(=O)NC2CCCC(OC(=O)C(=C)C)C2)C6=O)C1. The summed E-state index contributed by atoms with van der Waals surface area (Å²) in [5.74, 6) is -4.95. The zero-order valence-corrected chi connectivity index (χ0v) is 77.6. The molecule has 20 heteroatoms. The lowest BCUT2D eigenvalue weighted by molar-refractivity contribution is -0.147. The molecule has 19 aromatic rings. The molecule has 0 radical (unpaired) electrons. The van der Waals surface area contributed by atoms with Crippen molar-refractivity contribution in [3.8, 4) is 90.5 Å².